The van der Waals surface area contributed by atoms with Crippen LogP contribution in [0.2, 0.25) is 0 Å². The first-order chi connectivity index (χ1) is 10.2. The Hall–Kier alpha value is -1.91. The number of rotatable bonds is 8. The molecular formula is C16H25N3O2. The van der Waals surface area contributed by atoms with Gasteiger partial charge in [0.1, 0.15) is 0 Å². The van der Waals surface area contributed by atoms with Crippen molar-refractivity contribution in [2.45, 2.75) is 45.6 Å². The van der Waals surface area contributed by atoms with Crippen LogP contribution in [0, 0.1) is 0 Å². The standard InChI is InChI=1S/C16H25N3O2/c1-4-5-6-7-8-9-19-13-11-15(21-3)14(20-2)10-12(13)18-16(19)17/h10-11H,4-9H2,1-3H3,(H2,17,18). The predicted octanol–water partition coefficient (Wildman–Crippen LogP) is 3.61. The fraction of sp³-hybridized carbons (Fsp3) is 0.562. The predicted molar refractivity (Wildman–Crippen MR) is 86.0 cm³/mol. The van der Waals surface area contributed by atoms with E-state index in [9.17, 15) is 0 Å². The number of unbranched alkanes of at least 4 members (excludes halogenated alkanes) is 4. The van der Waals surface area contributed by atoms with E-state index in [1.807, 2.05) is 12.1 Å². The molecule has 0 saturated heterocycles. The molecule has 0 atom stereocenters. The quantitative estimate of drug-likeness (QED) is 0.755. The average Bonchev–Trinajstić information content (AvgIpc) is 2.80. The maximum atomic E-state index is 6.05. The number of ether oxygens (including phenoxy) is 2. The lowest BCUT2D eigenvalue weighted by Crippen LogP contribution is -2.03. The van der Waals surface area contributed by atoms with E-state index in [1.165, 1.54) is 25.7 Å². The Morgan fingerprint density at radius 2 is 1.71 bits per heavy atom. The second-order valence-corrected chi connectivity index (χ2v) is 5.23. The van der Waals surface area contributed by atoms with Gasteiger partial charge in [-0.25, -0.2) is 4.98 Å². The molecule has 5 nitrogen and oxygen atoms in total. The molecule has 1 heterocycles. The highest BCUT2D eigenvalue weighted by Crippen LogP contribution is 2.33. The van der Waals surface area contributed by atoms with Crippen LogP contribution >= 0.6 is 0 Å². The molecule has 0 aliphatic heterocycles. The van der Waals surface area contributed by atoms with Crippen molar-refractivity contribution in [2.24, 2.45) is 0 Å². The van der Waals surface area contributed by atoms with E-state index in [0.717, 1.165) is 24.0 Å². The van der Waals surface area contributed by atoms with E-state index in [0.29, 0.717) is 17.4 Å². The van der Waals surface area contributed by atoms with Gasteiger partial charge in [-0.15, -0.1) is 0 Å². The molecule has 5 heteroatoms. The van der Waals surface area contributed by atoms with E-state index < -0.39 is 0 Å². The Kier molecular flexibility index (Phi) is 5.31. The molecule has 0 aliphatic rings. The number of nitrogen functional groups attached to an aromatic ring is 1. The minimum Gasteiger partial charge on any atom is -0.493 e. The number of anilines is 1. The van der Waals surface area contributed by atoms with Crippen molar-refractivity contribution >= 4 is 17.0 Å². The van der Waals surface area contributed by atoms with Gasteiger partial charge >= 0.3 is 0 Å². The van der Waals surface area contributed by atoms with Gasteiger partial charge in [-0.05, 0) is 6.42 Å². The van der Waals surface area contributed by atoms with Crippen LogP contribution in [0.1, 0.15) is 39.0 Å². The largest absolute Gasteiger partial charge is 0.493 e. The molecule has 21 heavy (non-hydrogen) atoms. The summed E-state index contributed by atoms with van der Waals surface area (Å²) in [5, 5.41) is 0. The van der Waals surface area contributed by atoms with Gasteiger partial charge in [-0.2, -0.15) is 0 Å². The van der Waals surface area contributed by atoms with Gasteiger partial charge in [-0.1, -0.05) is 32.6 Å². The van der Waals surface area contributed by atoms with E-state index in [-0.39, 0.29) is 0 Å². The zero-order valence-corrected chi connectivity index (χ0v) is 13.2. The summed E-state index contributed by atoms with van der Waals surface area (Å²) in [5.74, 6) is 1.94. The zero-order chi connectivity index (χ0) is 15.2. The highest BCUT2D eigenvalue weighted by atomic mass is 16.5. The molecule has 0 amide bonds. The van der Waals surface area contributed by atoms with Crippen molar-refractivity contribution in [3.63, 3.8) is 0 Å². The van der Waals surface area contributed by atoms with Gasteiger partial charge in [-0.3, -0.25) is 0 Å². The molecular weight excluding hydrogens is 266 g/mol. The maximum Gasteiger partial charge on any atom is 0.201 e. The molecule has 1 aromatic heterocycles. The van der Waals surface area contributed by atoms with Gasteiger partial charge in [0.15, 0.2) is 11.5 Å². The number of methoxy groups -OCH3 is 2. The fourth-order valence-electron chi connectivity index (χ4n) is 2.58. The first-order valence-corrected chi connectivity index (χ1v) is 7.59. The highest BCUT2D eigenvalue weighted by molar-refractivity contribution is 5.82. The molecule has 0 radical (unpaired) electrons. The van der Waals surface area contributed by atoms with E-state index in [4.69, 9.17) is 15.2 Å². The number of hydrogen-bond acceptors (Lipinski definition) is 4. The smallest absolute Gasteiger partial charge is 0.201 e. The first kappa shape index (κ1) is 15.5. The van der Waals surface area contributed by atoms with E-state index in [1.54, 1.807) is 14.2 Å². The van der Waals surface area contributed by atoms with Crippen molar-refractivity contribution in [3.05, 3.63) is 12.1 Å². The van der Waals surface area contributed by atoms with Crippen LogP contribution in [0.4, 0.5) is 5.95 Å². The van der Waals surface area contributed by atoms with Crippen molar-refractivity contribution in [1.82, 2.24) is 9.55 Å². The van der Waals surface area contributed by atoms with Crippen LogP contribution in [0.3, 0.4) is 0 Å². The number of nitrogens with zero attached hydrogens (tertiary/aromatic N) is 2. The second-order valence-electron chi connectivity index (χ2n) is 5.23. The van der Waals surface area contributed by atoms with Crippen LogP contribution in [0.15, 0.2) is 12.1 Å². The summed E-state index contributed by atoms with van der Waals surface area (Å²) >= 11 is 0. The third kappa shape index (κ3) is 3.40. The number of fused-ring (bicyclic) bond motifs is 1. The molecule has 1 aromatic carbocycles. The summed E-state index contributed by atoms with van der Waals surface area (Å²) in [4.78, 5) is 4.42. The molecule has 2 N–H and O–H groups in total. The summed E-state index contributed by atoms with van der Waals surface area (Å²) < 4.78 is 12.7. The molecule has 0 bridgehead atoms. The lowest BCUT2D eigenvalue weighted by molar-refractivity contribution is 0.355. The van der Waals surface area contributed by atoms with Gasteiger partial charge in [0.2, 0.25) is 5.95 Å². The average molecular weight is 291 g/mol. The molecule has 0 spiro atoms. The number of aromatic nitrogens is 2. The van der Waals surface area contributed by atoms with Crippen LogP contribution in [0.5, 0.6) is 11.5 Å². The normalized spacial score (nSPS) is 11.0. The summed E-state index contributed by atoms with van der Waals surface area (Å²) in [6.45, 7) is 3.11. The lowest BCUT2D eigenvalue weighted by atomic mass is 10.1. The van der Waals surface area contributed by atoms with Crippen molar-refractivity contribution in [3.8, 4) is 11.5 Å². The maximum absolute atomic E-state index is 6.05. The molecule has 0 aliphatic carbocycles. The minimum absolute atomic E-state index is 0.552. The third-order valence-electron chi connectivity index (χ3n) is 3.77. The second kappa shape index (κ2) is 7.20. The summed E-state index contributed by atoms with van der Waals surface area (Å²) in [5.41, 5.74) is 7.89. The summed E-state index contributed by atoms with van der Waals surface area (Å²) in [6, 6.07) is 3.82. The van der Waals surface area contributed by atoms with Crippen molar-refractivity contribution in [1.29, 1.82) is 0 Å². The summed E-state index contributed by atoms with van der Waals surface area (Å²) in [7, 11) is 3.26. The number of hydrogen-bond donors (Lipinski definition) is 1. The Morgan fingerprint density at radius 1 is 1.05 bits per heavy atom. The highest BCUT2D eigenvalue weighted by Gasteiger charge is 2.13. The Balaban J connectivity index is 2.20. The molecule has 0 unspecified atom stereocenters. The van der Waals surface area contributed by atoms with Crippen LogP contribution in [0.25, 0.3) is 11.0 Å². The third-order valence-corrected chi connectivity index (χ3v) is 3.77. The fourth-order valence-corrected chi connectivity index (χ4v) is 2.58. The number of aryl methyl sites for hydroxylation is 1. The number of imidazole rings is 1. The van der Waals surface area contributed by atoms with Crippen LogP contribution in [-0.4, -0.2) is 23.8 Å². The lowest BCUT2D eigenvalue weighted by Gasteiger charge is -2.09. The Labute approximate surface area is 126 Å². The van der Waals surface area contributed by atoms with E-state index >= 15 is 0 Å². The molecule has 116 valence electrons. The first-order valence-electron chi connectivity index (χ1n) is 7.59. The van der Waals surface area contributed by atoms with Crippen molar-refractivity contribution < 1.29 is 9.47 Å². The molecule has 2 aromatic rings. The van der Waals surface area contributed by atoms with Gasteiger partial charge in [0.25, 0.3) is 0 Å². The molecule has 0 saturated carbocycles. The topological polar surface area (TPSA) is 62.3 Å². The van der Waals surface area contributed by atoms with Gasteiger partial charge < -0.3 is 19.8 Å². The van der Waals surface area contributed by atoms with Gasteiger partial charge in [0.05, 0.1) is 25.3 Å². The molecule has 0 fully saturated rings. The van der Waals surface area contributed by atoms with Crippen LogP contribution in [-0.2, 0) is 6.54 Å². The van der Waals surface area contributed by atoms with Crippen molar-refractivity contribution in [2.75, 3.05) is 20.0 Å². The van der Waals surface area contributed by atoms with Crippen LogP contribution < -0.4 is 15.2 Å². The number of benzene rings is 1. The van der Waals surface area contributed by atoms with Gasteiger partial charge in [0, 0.05) is 18.7 Å². The summed E-state index contributed by atoms with van der Waals surface area (Å²) in [6.07, 6.45) is 6.17. The Morgan fingerprint density at radius 3 is 2.38 bits per heavy atom. The SMILES string of the molecule is CCCCCCCn1c(N)nc2cc(OC)c(OC)cc21. The monoisotopic (exact) mass is 291 g/mol. The van der Waals surface area contributed by atoms with E-state index in [2.05, 4.69) is 16.5 Å². The Bertz CT molecular complexity index is 593. The number of nitrogens with two attached hydrogens (primary N) is 1. The zero-order valence-electron chi connectivity index (χ0n) is 13.2. The molecule has 2 rings (SSSR count). The minimum atomic E-state index is 0.552.